The number of nitrogens with zero attached hydrogens (tertiary/aromatic N) is 2. The summed E-state index contributed by atoms with van der Waals surface area (Å²) in [4.78, 5) is 18.1. The molecule has 0 aliphatic carbocycles. The number of rotatable bonds is 11. The molecule has 1 aromatic heterocycles. The summed E-state index contributed by atoms with van der Waals surface area (Å²) in [5, 5.41) is 9.62. The van der Waals surface area contributed by atoms with E-state index in [2.05, 4.69) is 4.98 Å². The SMILES string of the molecule is CN(CCOc1ccc(CC(CC=Cc2ccccc2)C(=O)O)cc1)c1nc2ccccc2o1. The molecule has 174 valence electrons. The summed E-state index contributed by atoms with van der Waals surface area (Å²) in [6.45, 7) is 1.08. The van der Waals surface area contributed by atoms with E-state index in [0.29, 0.717) is 32.0 Å². The predicted octanol–water partition coefficient (Wildman–Crippen LogP) is 5.69. The number of hydrogen-bond acceptors (Lipinski definition) is 5. The average Bonchev–Trinajstić information content (AvgIpc) is 3.29. The second kappa shape index (κ2) is 11.2. The van der Waals surface area contributed by atoms with Crippen molar-refractivity contribution in [3.63, 3.8) is 0 Å². The summed E-state index contributed by atoms with van der Waals surface area (Å²) < 4.78 is 11.6. The van der Waals surface area contributed by atoms with Crippen LogP contribution in [0, 0.1) is 5.92 Å². The molecule has 0 saturated heterocycles. The smallest absolute Gasteiger partial charge is 0.307 e. The van der Waals surface area contributed by atoms with Crippen molar-refractivity contribution in [2.24, 2.45) is 5.92 Å². The summed E-state index contributed by atoms with van der Waals surface area (Å²) in [6, 6.07) is 25.7. The van der Waals surface area contributed by atoms with Crippen LogP contribution < -0.4 is 9.64 Å². The summed E-state index contributed by atoms with van der Waals surface area (Å²) in [5.74, 6) is -0.525. The molecular weight excluding hydrogens is 428 g/mol. The number of carbonyl (C=O) groups is 1. The molecule has 0 amide bonds. The maximum absolute atomic E-state index is 11.7. The number of ether oxygens (including phenoxy) is 1. The summed E-state index contributed by atoms with van der Waals surface area (Å²) >= 11 is 0. The first kappa shape index (κ1) is 23.1. The zero-order chi connectivity index (χ0) is 23.8. The molecule has 0 radical (unpaired) electrons. The Bertz CT molecular complexity index is 1200. The lowest BCUT2D eigenvalue weighted by atomic mass is 9.96. The van der Waals surface area contributed by atoms with E-state index in [4.69, 9.17) is 9.15 Å². The highest BCUT2D eigenvalue weighted by Crippen LogP contribution is 2.21. The van der Waals surface area contributed by atoms with Crippen LogP contribution in [0.25, 0.3) is 17.2 Å². The maximum Gasteiger partial charge on any atom is 0.307 e. The van der Waals surface area contributed by atoms with Gasteiger partial charge in [0.25, 0.3) is 6.01 Å². The van der Waals surface area contributed by atoms with Gasteiger partial charge in [-0.25, -0.2) is 0 Å². The third kappa shape index (κ3) is 6.25. The van der Waals surface area contributed by atoms with Gasteiger partial charge < -0.3 is 19.2 Å². The Hall–Kier alpha value is -4.06. The fourth-order valence-electron chi connectivity index (χ4n) is 3.63. The number of aromatic nitrogens is 1. The van der Waals surface area contributed by atoms with Gasteiger partial charge in [0, 0.05) is 7.05 Å². The van der Waals surface area contributed by atoms with Gasteiger partial charge in [0.1, 0.15) is 17.9 Å². The lowest BCUT2D eigenvalue weighted by molar-refractivity contribution is -0.141. The van der Waals surface area contributed by atoms with Crippen LogP contribution in [0.15, 0.2) is 89.4 Å². The van der Waals surface area contributed by atoms with Crippen LogP contribution in [0.4, 0.5) is 6.01 Å². The fraction of sp³-hybridized carbons (Fsp3) is 0.214. The Kier molecular flexibility index (Phi) is 7.60. The molecule has 6 heteroatoms. The molecule has 0 aliphatic rings. The summed E-state index contributed by atoms with van der Waals surface area (Å²) in [5.41, 5.74) is 3.62. The number of oxazole rings is 1. The Morgan fingerprint density at radius 2 is 1.79 bits per heavy atom. The zero-order valence-corrected chi connectivity index (χ0v) is 19.1. The summed E-state index contributed by atoms with van der Waals surface area (Å²) in [6.07, 6.45) is 4.84. The van der Waals surface area contributed by atoms with E-state index in [9.17, 15) is 9.90 Å². The molecule has 34 heavy (non-hydrogen) atoms. The van der Waals surface area contributed by atoms with Gasteiger partial charge in [-0.3, -0.25) is 4.79 Å². The van der Waals surface area contributed by atoms with Gasteiger partial charge in [0.2, 0.25) is 0 Å². The number of anilines is 1. The second-order valence-corrected chi connectivity index (χ2v) is 8.17. The van der Waals surface area contributed by atoms with E-state index in [0.717, 1.165) is 28.0 Å². The molecule has 4 aromatic rings. The molecule has 0 saturated carbocycles. The Balaban J connectivity index is 1.26. The van der Waals surface area contributed by atoms with E-state index < -0.39 is 11.9 Å². The highest BCUT2D eigenvalue weighted by molar-refractivity contribution is 5.74. The first-order chi connectivity index (χ1) is 16.6. The molecule has 1 N–H and O–H groups in total. The Labute approximate surface area is 199 Å². The van der Waals surface area contributed by atoms with E-state index in [1.165, 1.54) is 0 Å². The molecule has 0 aliphatic heterocycles. The van der Waals surface area contributed by atoms with Gasteiger partial charge in [-0.05, 0) is 48.2 Å². The Morgan fingerprint density at radius 1 is 1.06 bits per heavy atom. The van der Waals surface area contributed by atoms with Gasteiger partial charge in [-0.15, -0.1) is 0 Å². The molecule has 6 nitrogen and oxygen atoms in total. The van der Waals surface area contributed by atoms with Crippen LogP contribution in [0.3, 0.4) is 0 Å². The van der Waals surface area contributed by atoms with Gasteiger partial charge in [-0.1, -0.05) is 66.7 Å². The number of benzene rings is 3. The molecule has 3 aromatic carbocycles. The lowest BCUT2D eigenvalue weighted by Crippen LogP contribution is -2.23. The van der Waals surface area contributed by atoms with E-state index >= 15 is 0 Å². The van der Waals surface area contributed by atoms with Crippen molar-refractivity contribution in [1.82, 2.24) is 4.98 Å². The first-order valence-electron chi connectivity index (χ1n) is 11.3. The third-order valence-corrected chi connectivity index (χ3v) is 5.59. The highest BCUT2D eigenvalue weighted by atomic mass is 16.5. The number of carboxylic acids is 1. The number of likely N-dealkylation sites (N-methyl/N-ethyl adjacent to an activating group) is 1. The van der Waals surface area contributed by atoms with Crippen LogP contribution in [0.5, 0.6) is 5.75 Å². The van der Waals surface area contributed by atoms with Gasteiger partial charge in [0.05, 0.1) is 12.5 Å². The molecule has 0 bridgehead atoms. The first-order valence-corrected chi connectivity index (χ1v) is 11.3. The van der Waals surface area contributed by atoms with Gasteiger partial charge in [0.15, 0.2) is 5.58 Å². The van der Waals surface area contributed by atoms with Crippen molar-refractivity contribution in [3.05, 3.63) is 96.1 Å². The molecule has 0 spiro atoms. The largest absolute Gasteiger partial charge is 0.492 e. The van der Waals surface area contributed by atoms with Crippen LogP contribution in [-0.4, -0.2) is 36.3 Å². The molecule has 1 atom stereocenters. The van der Waals surface area contributed by atoms with E-state index in [1.54, 1.807) is 0 Å². The number of fused-ring (bicyclic) bond motifs is 1. The molecule has 4 rings (SSSR count). The van der Waals surface area contributed by atoms with Crippen LogP contribution in [0.1, 0.15) is 17.5 Å². The number of aliphatic carboxylic acids is 1. The molecule has 0 fully saturated rings. The van der Waals surface area contributed by atoms with Crippen molar-refractivity contribution >= 4 is 29.2 Å². The standard InChI is InChI=1S/C28H28N2O4/c1-30(28-29-25-12-5-6-13-26(25)34-28)18-19-33-24-16-14-22(15-17-24)20-23(27(31)32)11-7-10-21-8-3-2-4-9-21/h2-10,12-17,23H,11,18-20H2,1H3,(H,31,32). The number of para-hydroxylation sites is 2. The van der Waals surface area contributed by atoms with Crippen molar-refractivity contribution < 1.29 is 19.1 Å². The van der Waals surface area contributed by atoms with Crippen molar-refractivity contribution in [3.8, 4) is 5.75 Å². The highest BCUT2D eigenvalue weighted by Gasteiger charge is 2.16. The maximum atomic E-state index is 11.7. The van der Waals surface area contributed by atoms with E-state index in [1.807, 2.05) is 103 Å². The average molecular weight is 457 g/mol. The van der Waals surface area contributed by atoms with Gasteiger partial charge in [-0.2, -0.15) is 4.98 Å². The minimum Gasteiger partial charge on any atom is -0.492 e. The minimum absolute atomic E-state index is 0.467. The number of allylic oxidation sites excluding steroid dienone is 1. The van der Waals surface area contributed by atoms with Crippen molar-refractivity contribution in [2.75, 3.05) is 25.1 Å². The molecule has 1 heterocycles. The topological polar surface area (TPSA) is 75.8 Å². The third-order valence-electron chi connectivity index (χ3n) is 5.59. The van der Waals surface area contributed by atoms with Crippen molar-refractivity contribution in [1.29, 1.82) is 0 Å². The number of carboxylic acid groups (broad SMARTS) is 1. The monoisotopic (exact) mass is 456 g/mol. The molecule has 1 unspecified atom stereocenters. The van der Waals surface area contributed by atoms with E-state index in [-0.39, 0.29) is 0 Å². The molecular formula is C28H28N2O4. The fourth-order valence-corrected chi connectivity index (χ4v) is 3.63. The van der Waals surface area contributed by atoms with Crippen molar-refractivity contribution in [2.45, 2.75) is 12.8 Å². The van der Waals surface area contributed by atoms with Crippen LogP contribution in [-0.2, 0) is 11.2 Å². The van der Waals surface area contributed by atoms with Crippen LogP contribution >= 0.6 is 0 Å². The quantitative estimate of drug-likeness (QED) is 0.312. The number of hydrogen-bond donors (Lipinski definition) is 1. The summed E-state index contributed by atoms with van der Waals surface area (Å²) in [7, 11) is 1.91. The normalized spacial score (nSPS) is 12.1. The zero-order valence-electron chi connectivity index (χ0n) is 19.1. The Morgan fingerprint density at radius 3 is 2.53 bits per heavy atom. The van der Waals surface area contributed by atoms with Crippen LogP contribution in [0.2, 0.25) is 0 Å². The van der Waals surface area contributed by atoms with Gasteiger partial charge >= 0.3 is 5.97 Å². The lowest BCUT2D eigenvalue weighted by Gasteiger charge is -2.15. The second-order valence-electron chi connectivity index (χ2n) is 8.17. The minimum atomic E-state index is -0.791. The predicted molar refractivity (Wildman–Crippen MR) is 134 cm³/mol.